The highest BCUT2D eigenvalue weighted by atomic mass is 16.3. The highest BCUT2D eigenvalue weighted by molar-refractivity contribution is 5.76. The molecule has 1 aromatic heterocycles. The lowest BCUT2D eigenvalue weighted by Crippen LogP contribution is -2.39. The maximum atomic E-state index is 12.0. The molecule has 18 heavy (non-hydrogen) atoms. The van der Waals surface area contributed by atoms with Crippen LogP contribution in [-0.4, -0.2) is 35.6 Å². The molecule has 0 spiro atoms. The summed E-state index contributed by atoms with van der Waals surface area (Å²) in [7, 11) is 0. The van der Waals surface area contributed by atoms with Crippen molar-refractivity contribution in [3.05, 3.63) is 23.7 Å². The predicted molar refractivity (Wildman–Crippen MR) is 68.2 cm³/mol. The number of hydrogen-bond acceptors (Lipinski definition) is 3. The van der Waals surface area contributed by atoms with Crippen molar-refractivity contribution in [2.24, 2.45) is 5.92 Å². The van der Waals surface area contributed by atoms with Crippen LogP contribution in [0.15, 0.2) is 16.5 Å². The van der Waals surface area contributed by atoms with Gasteiger partial charge in [0.2, 0.25) is 5.91 Å². The summed E-state index contributed by atoms with van der Waals surface area (Å²) < 4.78 is 5.45. The van der Waals surface area contributed by atoms with Gasteiger partial charge in [0.05, 0.1) is 0 Å². The normalized spacial score (nSPS) is 17.1. The van der Waals surface area contributed by atoms with Gasteiger partial charge in [-0.15, -0.1) is 0 Å². The number of piperidine rings is 1. The van der Waals surface area contributed by atoms with Crippen LogP contribution in [0.5, 0.6) is 0 Å². The lowest BCUT2D eigenvalue weighted by Gasteiger charge is -2.31. The van der Waals surface area contributed by atoms with Gasteiger partial charge in [0.1, 0.15) is 11.5 Å². The molecule has 1 aliphatic heterocycles. The molecule has 2 rings (SSSR count). The van der Waals surface area contributed by atoms with Gasteiger partial charge < -0.3 is 14.4 Å². The van der Waals surface area contributed by atoms with Crippen molar-refractivity contribution in [3.63, 3.8) is 0 Å². The lowest BCUT2D eigenvalue weighted by atomic mass is 9.97. The van der Waals surface area contributed by atoms with E-state index >= 15 is 0 Å². The summed E-state index contributed by atoms with van der Waals surface area (Å²) in [5.74, 6) is 2.34. The zero-order valence-corrected chi connectivity index (χ0v) is 10.9. The van der Waals surface area contributed by atoms with Crippen molar-refractivity contribution in [1.82, 2.24) is 4.90 Å². The van der Waals surface area contributed by atoms with E-state index in [9.17, 15) is 4.79 Å². The van der Waals surface area contributed by atoms with Crippen molar-refractivity contribution in [1.29, 1.82) is 0 Å². The minimum Gasteiger partial charge on any atom is -0.466 e. The van der Waals surface area contributed by atoms with Gasteiger partial charge in [0, 0.05) is 32.5 Å². The molecule has 0 atom stereocenters. The second kappa shape index (κ2) is 6.05. The molecule has 4 nitrogen and oxygen atoms in total. The number of likely N-dealkylation sites (tertiary alicyclic amines) is 1. The van der Waals surface area contributed by atoms with Crippen LogP contribution in [0.1, 0.15) is 30.8 Å². The molecule has 0 unspecified atom stereocenters. The summed E-state index contributed by atoms with van der Waals surface area (Å²) in [5.41, 5.74) is 0. The molecular formula is C14H21NO3. The SMILES string of the molecule is Cc1ccc(CCC(=O)N2CCC(CO)CC2)o1. The van der Waals surface area contributed by atoms with Crippen LogP contribution < -0.4 is 0 Å². The Labute approximate surface area is 108 Å². The summed E-state index contributed by atoms with van der Waals surface area (Å²) in [6.07, 6.45) is 3.02. The Kier molecular flexibility index (Phi) is 4.42. The molecular weight excluding hydrogens is 230 g/mol. The first kappa shape index (κ1) is 13.1. The highest BCUT2D eigenvalue weighted by Gasteiger charge is 2.22. The Morgan fingerprint density at radius 3 is 2.72 bits per heavy atom. The largest absolute Gasteiger partial charge is 0.466 e. The van der Waals surface area contributed by atoms with Crippen molar-refractivity contribution in [2.45, 2.75) is 32.6 Å². The summed E-state index contributed by atoms with van der Waals surface area (Å²) in [6.45, 7) is 3.71. The van der Waals surface area contributed by atoms with Crippen molar-refractivity contribution < 1.29 is 14.3 Å². The zero-order chi connectivity index (χ0) is 13.0. The molecule has 1 saturated heterocycles. The van der Waals surface area contributed by atoms with E-state index in [0.29, 0.717) is 18.8 Å². The summed E-state index contributed by atoms with van der Waals surface area (Å²) in [4.78, 5) is 13.9. The fourth-order valence-corrected chi connectivity index (χ4v) is 2.37. The van der Waals surface area contributed by atoms with E-state index in [1.165, 1.54) is 0 Å². The van der Waals surface area contributed by atoms with Crippen molar-refractivity contribution in [2.75, 3.05) is 19.7 Å². The molecule has 1 N–H and O–H groups in total. The van der Waals surface area contributed by atoms with Crippen LogP contribution in [0.2, 0.25) is 0 Å². The van der Waals surface area contributed by atoms with Crippen molar-refractivity contribution >= 4 is 5.91 Å². The second-order valence-corrected chi connectivity index (χ2v) is 5.02. The van der Waals surface area contributed by atoms with Gasteiger partial charge >= 0.3 is 0 Å². The van der Waals surface area contributed by atoms with Gasteiger partial charge in [0.15, 0.2) is 0 Å². The minimum absolute atomic E-state index is 0.195. The topological polar surface area (TPSA) is 53.7 Å². The summed E-state index contributed by atoms with van der Waals surface area (Å²) in [5, 5.41) is 9.05. The number of amides is 1. The number of carbonyl (C=O) groups is 1. The van der Waals surface area contributed by atoms with Crippen LogP contribution in [0.4, 0.5) is 0 Å². The standard InChI is InChI=1S/C14H21NO3/c1-11-2-3-13(18-11)4-5-14(17)15-8-6-12(10-16)7-9-15/h2-3,12,16H,4-10H2,1H3. The van der Waals surface area contributed by atoms with Crippen LogP contribution in [0, 0.1) is 12.8 Å². The summed E-state index contributed by atoms with van der Waals surface area (Å²) in [6, 6.07) is 3.85. The average Bonchev–Trinajstić information content (AvgIpc) is 2.82. The smallest absolute Gasteiger partial charge is 0.223 e. The minimum atomic E-state index is 0.195. The van der Waals surface area contributed by atoms with E-state index in [1.54, 1.807) is 0 Å². The number of rotatable bonds is 4. The van der Waals surface area contributed by atoms with E-state index in [0.717, 1.165) is 37.5 Å². The number of nitrogens with zero attached hydrogens (tertiary/aromatic N) is 1. The van der Waals surface area contributed by atoms with Gasteiger partial charge in [0.25, 0.3) is 0 Å². The second-order valence-electron chi connectivity index (χ2n) is 5.02. The number of aliphatic hydroxyl groups excluding tert-OH is 1. The predicted octanol–water partition coefficient (Wildman–Crippen LogP) is 1.75. The molecule has 1 amide bonds. The van der Waals surface area contributed by atoms with Crippen LogP contribution in [0.3, 0.4) is 0 Å². The maximum Gasteiger partial charge on any atom is 0.223 e. The molecule has 0 radical (unpaired) electrons. The third-order valence-corrected chi connectivity index (χ3v) is 3.61. The lowest BCUT2D eigenvalue weighted by molar-refractivity contribution is -0.132. The maximum absolute atomic E-state index is 12.0. The highest BCUT2D eigenvalue weighted by Crippen LogP contribution is 2.17. The van der Waals surface area contributed by atoms with Crippen LogP contribution in [-0.2, 0) is 11.2 Å². The van der Waals surface area contributed by atoms with E-state index in [4.69, 9.17) is 9.52 Å². The fraction of sp³-hybridized carbons (Fsp3) is 0.643. The van der Waals surface area contributed by atoms with Gasteiger partial charge in [-0.05, 0) is 37.8 Å². The quantitative estimate of drug-likeness (QED) is 0.887. The average molecular weight is 251 g/mol. The molecule has 100 valence electrons. The molecule has 0 aromatic carbocycles. The number of hydrogen-bond donors (Lipinski definition) is 1. The number of aryl methyl sites for hydroxylation is 2. The zero-order valence-electron chi connectivity index (χ0n) is 10.9. The van der Waals surface area contributed by atoms with Crippen LogP contribution in [0.25, 0.3) is 0 Å². The third kappa shape index (κ3) is 3.35. The van der Waals surface area contributed by atoms with Crippen molar-refractivity contribution in [3.8, 4) is 0 Å². The molecule has 4 heteroatoms. The molecule has 1 aliphatic rings. The van der Waals surface area contributed by atoms with Gasteiger partial charge in [-0.25, -0.2) is 0 Å². The van der Waals surface area contributed by atoms with E-state index in [-0.39, 0.29) is 12.5 Å². The molecule has 0 saturated carbocycles. The molecule has 2 heterocycles. The van der Waals surface area contributed by atoms with E-state index < -0.39 is 0 Å². The first-order valence-electron chi connectivity index (χ1n) is 6.63. The fourth-order valence-electron chi connectivity index (χ4n) is 2.37. The Bertz CT molecular complexity index is 391. The van der Waals surface area contributed by atoms with E-state index in [1.807, 2.05) is 24.0 Å². The van der Waals surface area contributed by atoms with Gasteiger partial charge in [-0.1, -0.05) is 0 Å². The number of furan rings is 1. The number of carbonyl (C=O) groups excluding carboxylic acids is 1. The first-order chi connectivity index (χ1) is 8.69. The molecule has 0 bridgehead atoms. The van der Waals surface area contributed by atoms with E-state index in [2.05, 4.69) is 0 Å². The molecule has 0 aliphatic carbocycles. The molecule has 1 aromatic rings. The Hall–Kier alpha value is -1.29. The number of aliphatic hydroxyl groups is 1. The molecule has 1 fully saturated rings. The first-order valence-corrected chi connectivity index (χ1v) is 6.63. The summed E-state index contributed by atoms with van der Waals surface area (Å²) >= 11 is 0. The van der Waals surface area contributed by atoms with Gasteiger partial charge in [-0.3, -0.25) is 4.79 Å². The Morgan fingerprint density at radius 2 is 2.17 bits per heavy atom. The Balaban J connectivity index is 1.75. The Morgan fingerprint density at radius 1 is 1.44 bits per heavy atom. The van der Waals surface area contributed by atoms with Crippen LogP contribution >= 0.6 is 0 Å². The monoisotopic (exact) mass is 251 g/mol. The third-order valence-electron chi connectivity index (χ3n) is 3.61. The van der Waals surface area contributed by atoms with Gasteiger partial charge in [-0.2, -0.15) is 0 Å².